The molecule has 0 heterocycles. The van der Waals surface area contributed by atoms with E-state index in [1.807, 2.05) is 24.1 Å². The maximum absolute atomic E-state index is 8.46. The Bertz CT molecular complexity index is 424. The molecule has 3 N–H and O–H groups in total. The van der Waals surface area contributed by atoms with Gasteiger partial charge in [-0.3, -0.25) is 0 Å². The van der Waals surface area contributed by atoms with E-state index in [1.165, 1.54) is 0 Å². The number of oxime groups is 1. The van der Waals surface area contributed by atoms with Crippen molar-refractivity contribution in [3.8, 4) is 5.75 Å². The van der Waals surface area contributed by atoms with Crippen LogP contribution in [0.5, 0.6) is 5.75 Å². The molecule has 1 aromatic rings. The number of ether oxygens (including phenoxy) is 1. The maximum Gasteiger partial charge on any atom is 0.140 e. The molecular weight excluding hydrogens is 254 g/mol. The number of methoxy groups -OCH3 is 1. The normalized spacial score (nSPS) is 11.9. The van der Waals surface area contributed by atoms with E-state index in [-0.39, 0.29) is 5.84 Å². The van der Waals surface area contributed by atoms with Gasteiger partial charge in [0.2, 0.25) is 0 Å². The molecule has 0 saturated heterocycles. The molecule has 0 atom stereocenters. The van der Waals surface area contributed by atoms with E-state index < -0.39 is 0 Å². The number of hydrogen-bond acceptors (Lipinski definition) is 4. The molecule has 1 rings (SSSR count). The van der Waals surface area contributed by atoms with Crippen LogP contribution < -0.4 is 10.5 Å². The quantitative estimate of drug-likeness (QED) is 0.359. The number of halogens is 1. The number of nitrogens with two attached hydrogens (primary N) is 1. The molecule has 1 aromatic carbocycles. The molecule has 0 fully saturated rings. The van der Waals surface area contributed by atoms with Gasteiger partial charge in [-0.2, -0.15) is 0 Å². The molecule has 100 valence electrons. The van der Waals surface area contributed by atoms with E-state index in [1.54, 1.807) is 13.2 Å². The molecule has 0 unspecified atom stereocenters. The van der Waals surface area contributed by atoms with Crippen LogP contribution in [0.25, 0.3) is 0 Å². The summed E-state index contributed by atoms with van der Waals surface area (Å²) in [6, 6.07) is 5.51. The van der Waals surface area contributed by atoms with E-state index in [0.29, 0.717) is 24.5 Å². The second-order valence-electron chi connectivity index (χ2n) is 4.04. The average molecular weight is 272 g/mol. The van der Waals surface area contributed by atoms with Gasteiger partial charge in [0.05, 0.1) is 7.11 Å². The van der Waals surface area contributed by atoms with Gasteiger partial charge < -0.3 is 20.6 Å². The first-order chi connectivity index (χ1) is 8.56. The summed E-state index contributed by atoms with van der Waals surface area (Å²) in [4.78, 5) is 2.05. The molecule has 0 saturated carbocycles. The van der Waals surface area contributed by atoms with Crippen LogP contribution in [0.2, 0.25) is 5.02 Å². The Morgan fingerprint density at radius 3 is 2.89 bits per heavy atom. The fraction of sp³-hybridized carbons (Fsp3) is 0.417. The van der Waals surface area contributed by atoms with Crippen LogP contribution in [0.15, 0.2) is 23.4 Å². The van der Waals surface area contributed by atoms with Crippen LogP contribution in [-0.2, 0) is 6.54 Å². The van der Waals surface area contributed by atoms with Crippen molar-refractivity contribution >= 4 is 17.4 Å². The predicted molar refractivity (Wildman–Crippen MR) is 72.4 cm³/mol. The fourth-order valence-corrected chi connectivity index (χ4v) is 1.79. The van der Waals surface area contributed by atoms with E-state index in [0.717, 1.165) is 11.3 Å². The van der Waals surface area contributed by atoms with E-state index in [2.05, 4.69) is 5.16 Å². The van der Waals surface area contributed by atoms with Gasteiger partial charge in [0, 0.05) is 30.1 Å². The second-order valence-corrected chi connectivity index (χ2v) is 4.47. The first kappa shape index (κ1) is 14.6. The van der Waals surface area contributed by atoms with Crippen LogP contribution in [0.1, 0.15) is 12.0 Å². The minimum atomic E-state index is 0.222. The van der Waals surface area contributed by atoms with E-state index in [4.69, 9.17) is 27.3 Å². The fourth-order valence-electron chi connectivity index (χ4n) is 1.60. The number of amidine groups is 1. The van der Waals surface area contributed by atoms with Crippen molar-refractivity contribution < 1.29 is 9.94 Å². The molecule has 5 nitrogen and oxygen atoms in total. The van der Waals surface area contributed by atoms with Crippen LogP contribution >= 0.6 is 11.6 Å². The van der Waals surface area contributed by atoms with Crippen LogP contribution in [-0.4, -0.2) is 36.6 Å². The van der Waals surface area contributed by atoms with Gasteiger partial charge in [-0.05, 0) is 25.2 Å². The number of hydrogen-bond donors (Lipinski definition) is 2. The van der Waals surface area contributed by atoms with Crippen LogP contribution in [0, 0.1) is 0 Å². The molecule has 0 aliphatic rings. The summed E-state index contributed by atoms with van der Waals surface area (Å²) in [6.45, 7) is 1.37. The summed E-state index contributed by atoms with van der Waals surface area (Å²) < 4.78 is 5.27. The highest BCUT2D eigenvalue weighted by Crippen LogP contribution is 2.23. The molecule has 0 aliphatic carbocycles. The Kier molecular flexibility index (Phi) is 5.74. The Hall–Kier alpha value is -1.46. The minimum absolute atomic E-state index is 0.222. The zero-order valence-electron chi connectivity index (χ0n) is 10.6. The van der Waals surface area contributed by atoms with Gasteiger partial charge in [0.25, 0.3) is 0 Å². The molecule has 0 spiro atoms. The summed E-state index contributed by atoms with van der Waals surface area (Å²) in [5, 5.41) is 12.1. The Labute approximate surface area is 112 Å². The molecule has 0 amide bonds. The van der Waals surface area contributed by atoms with Gasteiger partial charge in [-0.1, -0.05) is 16.8 Å². The number of benzene rings is 1. The van der Waals surface area contributed by atoms with Crippen molar-refractivity contribution in [3.63, 3.8) is 0 Å². The third-order valence-corrected chi connectivity index (χ3v) is 2.80. The molecular formula is C12H18ClN3O2. The van der Waals surface area contributed by atoms with Crippen molar-refractivity contribution in [2.24, 2.45) is 10.9 Å². The summed E-state index contributed by atoms with van der Waals surface area (Å²) >= 11 is 5.96. The van der Waals surface area contributed by atoms with Crippen molar-refractivity contribution in [3.05, 3.63) is 28.8 Å². The number of nitrogens with zero attached hydrogens (tertiary/aromatic N) is 2. The molecule has 18 heavy (non-hydrogen) atoms. The Morgan fingerprint density at radius 1 is 1.56 bits per heavy atom. The third-order valence-electron chi connectivity index (χ3n) is 2.56. The lowest BCUT2D eigenvalue weighted by Crippen LogP contribution is -2.24. The lowest BCUT2D eigenvalue weighted by atomic mass is 10.2. The Morgan fingerprint density at radius 2 is 2.28 bits per heavy atom. The average Bonchev–Trinajstić information content (AvgIpc) is 2.36. The molecule has 0 radical (unpaired) electrons. The van der Waals surface area contributed by atoms with Crippen molar-refractivity contribution in [2.45, 2.75) is 13.0 Å². The maximum atomic E-state index is 8.46. The predicted octanol–water partition coefficient (Wildman–Crippen LogP) is 1.92. The van der Waals surface area contributed by atoms with E-state index >= 15 is 0 Å². The topological polar surface area (TPSA) is 71.1 Å². The SMILES string of the molecule is COc1ccc(Cl)cc1CN(C)CC/C(N)=N/O. The van der Waals surface area contributed by atoms with Crippen molar-refractivity contribution in [1.82, 2.24) is 4.90 Å². The van der Waals surface area contributed by atoms with Crippen molar-refractivity contribution in [2.75, 3.05) is 20.7 Å². The summed E-state index contributed by atoms with van der Waals surface area (Å²) in [5.41, 5.74) is 6.43. The largest absolute Gasteiger partial charge is 0.496 e. The molecule has 0 aliphatic heterocycles. The first-order valence-electron chi connectivity index (χ1n) is 5.54. The zero-order chi connectivity index (χ0) is 13.5. The summed E-state index contributed by atoms with van der Waals surface area (Å²) in [5.74, 6) is 1.02. The minimum Gasteiger partial charge on any atom is -0.496 e. The smallest absolute Gasteiger partial charge is 0.140 e. The van der Waals surface area contributed by atoms with Gasteiger partial charge in [0.1, 0.15) is 11.6 Å². The monoisotopic (exact) mass is 271 g/mol. The van der Waals surface area contributed by atoms with Crippen LogP contribution in [0.3, 0.4) is 0 Å². The molecule has 0 bridgehead atoms. The first-order valence-corrected chi connectivity index (χ1v) is 5.92. The molecule has 6 heteroatoms. The second kappa shape index (κ2) is 7.08. The van der Waals surface area contributed by atoms with Gasteiger partial charge in [0.15, 0.2) is 0 Å². The Balaban J connectivity index is 2.63. The van der Waals surface area contributed by atoms with Gasteiger partial charge >= 0.3 is 0 Å². The van der Waals surface area contributed by atoms with Crippen LogP contribution in [0.4, 0.5) is 0 Å². The van der Waals surface area contributed by atoms with Gasteiger partial charge in [-0.15, -0.1) is 0 Å². The highest BCUT2D eigenvalue weighted by atomic mass is 35.5. The lowest BCUT2D eigenvalue weighted by Gasteiger charge is -2.18. The van der Waals surface area contributed by atoms with Gasteiger partial charge in [-0.25, -0.2) is 0 Å². The standard InChI is InChI=1S/C12H18ClN3O2/c1-16(6-5-12(14)15-17)8-9-7-10(13)3-4-11(9)18-2/h3-4,7,17H,5-6,8H2,1-2H3,(H2,14,15). The highest BCUT2D eigenvalue weighted by molar-refractivity contribution is 6.30. The lowest BCUT2D eigenvalue weighted by molar-refractivity contribution is 0.307. The van der Waals surface area contributed by atoms with E-state index in [9.17, 15) is 0 Å². The third kappa shape index (κ3) is 4.43. The summed E-state index contributed by atoms with van der Waals surface area (Å²) in [7, 11) is 3.58. The highest BCUT2D eigenvalue weighted by Gasteiger charge is 2.07. The summed E-state index contributed by atoms with van der Waals surface area (Å²) in [6.07, 6.45) is 0.510. The number of rotatable bonds is 6. The zero-order valence-corrected chi connectivity index (χ0v) is 11.3. The van der Waals surface area contributed by atoms with Crippen molar-refractivity contribution in [1.29, 1.82) is 0 Å². The molecule has 0 aromatic heterocycles.